The molecule has 3 rings (SSSR count). The lowest BCUT2D eigenvalue weighted by Gasteiger charge is -2.14. The molecule has 9 heteroatoms. The third-order valence-electron chi connectivity index (χ3n) is 4.45. The Hall–Kier alpha value is -3.23. The summed E-state index contributed by atoms with van der Waals surface area (Å²) in [6.07, 6.45) is -2.93. The smallest absolute Gasteiger partial charge is 0.324 e. The lowest BCUT2D eigenvalue weighted by Crippen LogP contribution is -2.22. The van der Waals surface area contributed by atoms with E-state index in [1.54, 1.807) is 0 Å². The van der Waals surface area contributed by atoms with E-state index < -0.39 is 11.7 Å². The van der Waals surface area contributed by atoms with Crippen molar-refractivity contribution in [1.82, 2.24) is 20.2 Å². The highest BCUT2D eigenvalue weighted by molar-refractivity contribution is 5.92. The van der Waals surface area contributed by atoms with Crippen molar-refractivity contribution in [1.29, 1.82) is 0 Å². The molecule has 1 amide bonds. The zero-order valence-corrected chi connectivity index (χ0v) is 16.0. The predicted molar refractivity (Wildman–Crippen MR) is 102 cm³/mol. The Morgan fingerprint density at radius 3 is 2.34 bits per heavy atom. The molecule has 0 spiro atoms. The van der Waals surface area contributed by atoms with Crippen molar-refractivity contribution in [3.63, 3.8) is 0 Å². The van der Waals surface area contributed by atoms with Crippen molar-refractivity contribution in [3.05, 3.63) is 59.2 Å². The monoisotopic (exact) mass is 403 g/mol. The van der Waals surface area contributed by atoms with Crippen LogP contribution in [-0.4, -0.2) is 26.1 Å². The molecule has 0 saturated heterocycles. The van der Waals surface area contributed by atoms with Gasteiger partial charge >= 0.3 is 6.18 Å². The number of aromatic nitrogens is 4. The maximum Gasteiger partial charge on any atom is 0.416 e. The average molecular weight is 403 g/mol. The minimum atomic E-state index is -4.46. The van der Waals surface area contributed by atoms with E-state index in [2.05, 4.69) is 20.7 Å². The van der Waals surface area contributed by atoms with E-state index in [0.717, 1.165) is 46.6 Å². The van der Waals surface area contributed by atoms with Gasteiger partial charge in [-0.15, -0.1) is 10.2 Å². The standard InChI is InChI=1S/C20H20F3N5O/c1-3-13-7-5-8-14(4-2)18(13)24-17(29)12-28-26-19(25-27-28)15-9-6-10-16(11-15)20(21,22)23/h5-11H,3-4,12H2,1-2H3,(H,24,29). The van der Waals surface area contributed by atoms with Crippen molar-refractivity contribution < 1.29 is 18.0 Å². The van der Waals surface area contributed by atoms with Crippen LogP contribution in [-0.2, 0) is 30.4 Å². The quantitative estimate of drug-likeness (QED) is 0.672. The molecular formula is C20H20F3N5O. The highest BCUT2D eigenvalue weighted by Crippen LogP contribution is 2.31. The number of hydrogen-bond acceptors (Lipinski definition) is 4. The summed E-state index contributed by atoms with van der Waals surface area (Å²) >= 11 is 0. The molecule has 0 fully saturated rings. The Bertz CT molecular complexity index is 991. The van der Waals surface area contributed by atoms with Gasteiger partial charge in [-0.05, 0) is 41.3 Å². The van der Waals surface area contributed by atoms with E-state index >= 15 is 0 Å². The van der Waals surface area contributed by atoms with Crippen LogP contribution in [0.25, 0.3) is 11.4 Å². The Balaban J connectivity index is 1.75. The molecule has 0 saturated carbocycles. The Labute approximate surface area is 165 Å². The third-order valence-corrected chi connectivity index (χ3v) is 4.45. The van der Waals surface area contributed by atoms with E-state index in [9.17, 15) is 18.0 Å². The van der Waals surface area contributed by atoms with Crippen LogP contribution < -0.4 is 5.32 Å². The Kier molecular flexibility index (Phi) is 5.95. The van der Waals surface area contributed by atoms with E-state index in [0.29, 0.717) is 0 Å². The fourth-order valence-electron chi connectivity index (χ4n) is 2.97. The summed E-state index contributed by atoms with van der Waals surface area (Å²) in [6, 6.07) is 10.5. The summed E-state index contributed by atoms with van der Waals surface area (Å²) in [4.78, 5) is 13.5. The summed E-state index contributed by atoms with van der Waals surface area (Å²) < 4.78 is 38.6. The number of carbonyl (C=O) groups excluding carboxylic acids is 1. The molecule has 0 aliphatic rings. The number of rotatable bonds is 6. The number of nitrogens with one attached hydrogen (secondary N) is 1. The fourth-order valence-corrected chi connectivity index (χ4v) is 2.97. The molecule has 1 N–H and O–H groups in total. The number of hydrogen-bond donors (Lipinski definition) is 1. The van der Waals surface area contributed by atoms with Crippen molar-refractivity contribution in [2.75, 3.05) is 5.32 Å². The maximum absolute atomic E-state index is 12.9. The fraction of sp³-hybridized carbons (Fsp3) is 0.300. The summed E-state index contributed by atoms with van der Waals surface area (Å²) in [5, 5.41) is 14.5. The molecular weight excluding hydrogens is 383 g/mol. The first-order valence-corrected chi connectivity index (χ1v) is 9.17. The Morgan fingerprint density at radius 1 is 1.07 bits per heavy atom. The van der Waals surface area contributed by atoms with Crippen molar-refractivity contribution in [3.8, 4) is 11.4 Å². The van der Waals surface area contributed by atoms with Gasteiger partial charge in [0.1, 0.15) is 6.54 Å². The van der Waals surface area contributed by atoms with E-state index in [1.807, 2.05) is 32.0 Å². The van der Waals surface area contributed by atoms with Gasteiger partial charge < -0.3 is 5.32 Å². The van der Waals surface area contributed by atoms with E-state index in [-0.39, 0.29) is 23.8 Å². The van der Waals surface area contributed by atoms with Crippen LogP contribution in [0.15, 0.2) is 42.5 Å². The number of tetrazole rings is 1. The largest absolute Gasteiger partial charge is 0.416 e. The zero-order chi connectivity index (χ0) is 21.0. The number of benzene rings is 2. The number of nitrogens with zero attached hydrogens (tertiary/aromatic N) is 4. The minimum absolute atomic E-state index is 0.0205. The SMILES string of the molecule is CCc1cccc(CC)c1NC(=O)Cn1nnc(-c2cccc(C(F)(F)F)c2)n1. The minimum Gasteiger partial charge on any atom is -0.324 e. The van der Waals surface area contributed by atoms with Crippen LogP contribution in [0.4, 0.5) is 18.9 Å². The highest BCUT2D eigenvalue weighted by atomic mass is 19.4. The average Bonchev–Trinajstić information content (AvgIpc) is 3.16. The molecule has 0 radical (unpaired) electrons. The maximum atomic E-state index is 12.9. The molecule has 0 aliphatic heterocycles. The molecule has 29 heavy (non-hydrogen) atoms. The number of anilines is 1. The van der Waals surface area contributed by atoms with Gasteiger partial charge in [-0.2, -0.15) is 18.0 Å². The number of para-hydroxylation sites is 1. The summed E-state index contributed by atoms with van der Waals surface area (Å²) in [5.41, 5.74) is 2.20. The zero-order valence-electron chi connectivity index (χ0n) is 16.0. The van der Waals surface area contributed by atoms with Crippen LogP contribution in [0.3, 0.4) is 0 Å². The van der Waals surface area contributed by atoms with Gasteiger partial charge in [0, 0.05) is 11.3 Å². The van der Waals surface area contributed by atoms with E-state index in [4.69, 9.17) is 0 Å². The van der Waals surface area contributed by atoms with Crippen LogP contribution in [0.1, 0.15) is 30.5 Å². The molecule has 0 unspecified atom stereocenters. The number of amides is 1. The molecule has 152 valence electrons. The Morgan fingerprint density at radius 2 is 1.72 bits per heavy atom. The van der Waals surface area contributed by atoms with Gasteiger partial charge in [0.2, 0.25) is 11.7 Å². The van der Waals surface area contributed by atoms with Crippen LogP contribution in [0, 0.1) is 0 Å². The summed E-state index contributed by atoms with van der Waals surface area (Å²) in [7, 11) is 0. The normalized spacial score (nSPS) is 11.5. The first-order valence-electron chi connectivity index (χ1n) is 9.17. The molecule has 6 nitrogen and oxygen atoms in total. The first-order chi connectivity index (χ1) is 13.8. The van der Waals surface area contributed by atoms with Crippen LogP contribution in [0.5, 0.6) is 0 Å². The van der Waals surface area contributed by atoms with Gasteiger partial charge in [0.25, 0.3) is 0 Å². The number of carbonyl (C=O) groups is 1. The molecule has 3 aromatic rings. The van der Waals surface area contributed by atoms with Crippen molar-refractivity contribution in [2.45, 2.75) is 39.4 Å². The lowest BCUT2D eigenvalue weighted by atomic mass is 10.0. The lowest BCUT2D eigenvalue weighted by molar-refractivity contribution is -0.137. The second-order valence-electron chi connectivity index (χ2n) is 6.43. The van der Waals surface area contributed by atoms with Crippen molar-refractivity contribution >= 4 is 11.6 Å². The van der Waals surface area contributed by atoms with Crippen LogP contribution >= 0.6 is 0 Å². The second kappa shape index (κ2) is 8.42. The van der Waals surface area contributed by atoms with Crippen molar-refractivity contribution in [2.24, 2.45) is 0 Å². The highest BCUT2D eigenvalue weighted by Gasteiger charge is 2.30. The second-order valence-corrected chi connectivity index (χ2v) is 6.43. The number of alkyl halides is 3. The van der Waals surface area contributed by atoms with Gasteiger partial charge in [-0.1, -0.05) is 44.2 Å². The summed E-state index contributed by atoms with van der Waals surface area (Å²) in [5.74, 6) is -0.319. The van der Waals surface area contributed by atoms with Crippen LogP contribution in [0.2, 0.25) is 0 Å². The topological polar surface area (TPSA) is 72.7 Å². The van der Waals surface area contributed by atoms with Gasteiger partial charge in [-0.25, -0.2) is 0 Å². The van der Waals surface area contributed by atoms with Gasteiger partial charge in [0.05, 0.1) is 5.56 Å². The molecule has 0 aliphatic carbocycles. The van der Waals surface area contributed by atoms with Gasteiger partial charge in [0.15, 0.2) is 0 Å². The predicted octanol–water partition coefficient (Wildman–Crippen LogP) is 4.12. The van der Waals surface area contributed by atoms with E-state index in [1.165, 1.54) is 12.1 Å². The number of halogens is 3. The molecule has 1 aromatic heterocycles. The molecule has 1 heterocycles. The molecule has 0 bridgehead atoms. The molecule has 2 aromatic carbocycles. The number of aryl methyl sites for hydroxylation is 2. The first kappa shape index (κ1) is 20.5. The third kappa shape index (κ3) is 4.79. The van der Waals surface area contributed by atoms with Gasteiger partial charge in [-0.3, -0.25) is 4.79 Å². The summed E-state index contributed by atoms with van der Waals surface area (Å²) in [6.45, 7) is 3.81. The molecule has 0 atom stereocenters.